The topological polar surface area (TPSA) is 86.9 Å². The van der Waals surface area contributed by atoms with E-state index in [1.165, 1.54) is 0 Å². The minimum atomic E-state index is -0.0860. The first kappa shape index (κ1) is 10.5. The summed E-state index contributed by atoms with van der Waals surface area (Å²) in [5, 5.41) is 17.3. The quantitative estimate of drug-likeness (QED) is 0.692. The summed E-state index contributed by atoms with van der Waals surface area (Å²) in [7, 11) is 0. The van der Waals surface area contributed by atoms with E-state index in [9.17, 15) is 0 Å². The van der Waals surface area contributed by atoms with Crippen molar-refractivity contribution >= 4 is 11.2 Å². The van der Waals surface area contributed by atoms with E-state index in [1.54, 1.807) is 12.4 Å². The van der Waals surface area contributed by atoms with Crippen molar-refractivity contribution in [1.29, 1.82) is 5.41 Å². The Morgan fingerprint density at radius 1 is 1.65 bits per heavy atom. The number of nitrogens with one attached hydrogen (secondary N) is 2. The molecule has 3 rings (SSSR count). The van der Waals surface area contributed by atoms with Gasteiger partial charge in [0.2, 0.25) is 0 Å². The molecule has 2 atom stereocenters. The second kappa shape index (κ2) is 3.97. The summed E-state index contributed by atoms with van der Waals surface area (Å²) in [4.78, 5) is 7.21. The fourth-order valence-electron chi connectivity index (χ4n) is 2.29. The number of aliphatic hydroxyl groups is 1. The van der Waals surface area contributed by atoms with Crippen LogP contribution in [0.3, 0.4) is 0 Å². The van der Waals surface area contributed by atoms with E-state index in [4.69, 9.17) is 15.3 Å². The van der Waals surface area contributed by atoms with Gasteiger partial charge in [0.1, 0.15) is 5.52 Å². The van der Waals surface area contributed by atoms with Gasteiger partial charge in [0.15, 0.2) is 5.65 Å². The van der Waals surface area contributed by atoms with Gasteiger partial charge < -0.3 is 19.4 Å². The van der Waals surface area contributed by atoms with Gasteiger partial charge in [0.05, 0.1) is 37.0 Å². The Hall–Kier alpha value is -1.66. The summed E-state index contributed by atoms with van der Waals surface area (Å²) in [6, 6.07) is 1.92. The SMILES string of the molecule is N=c1ccn([C@H]2CO[C@@H](CO)C2)c2nc[nH]c12. The fourth-order valence-corrected chi connectivity index (χ4v) is 2.29. The lowest BCUT2D eigenvalue weighted by molar-refractivity contribution is 0.0576. The van der Waals surface area contributed by atoms with Crippen LogP contribution in [-0.4, -0.2) is 39.0 Å². The number of aliphatic hydroxyl groups excluding tert-OH is 1. The van der Waals surface area contributed by atoms with Crippen molar-refractivity contribution in [3.63, 3.8) is 0 Å². The highest BCUT2D eigenvalue weighted by Crippen LogP contribution is 2.25. The molecule has 0 saturated carbocycles. The Bertz CT molecular complexity index is 588. The van der Waals surface area contributed by atoms with Crippen LogP contribution in [0.15, 0.2) is 18.6 Å². The smallest absolute Gasteiger partial charge is 0.160 e. The summed E-state index contributed by atoms with van der Waals surface area (Å²) in [6.07, 6.45) is 4.15. The first-order chi connectivity index (χ1) is 8.29. The molecule has 1 aliphatic heterocycles. The third kappa shape index (κ3) is 1.65. The highest BCUT2D eigenvalue weighted by atomic mass is 16.5. The highest BCUT2D eigenvalue weighted by Gasteiger charge is 2.26. The Morgan fingerprint density at radius 3 is 3.29 bits per heavy atom. The third-order valence-electron chi connectivity index (χ3n) is 3.19. The minimum Gasteiger partial charge on any atom is -0.394 e. The van der Waals surface area contributed by atoms with Gasteiger partial charge >= 0.3 is 0 Å². The molecule has 2 aromatic rings. The number of aromatic nitrogens is 3. The predicted molar refractivity (Wildman–Crippen MR) is 60.4 cm³/mol. The summed E-state index contributed by atoms with van der Waals surface area (Å²) in [6.45, 7) is 0.631. The Balaban J connectivity index is 2.04. The van der Waals surface area contributed by atoms with Crippen molar-refractivity contribution in [1.82, 2.24) is 14.5 Å². The normalized spacial score (nSPS) is 24.5. The zero-order chi connectivity index (χ0) is 11.8. The van der Waals surface area contributed by atoms with Crippen molar-refractivity contribution in [2.45, 2.75) is 18.6 Å². The van der Waals surface area contributed by atoms with Gasteiger partial charge in [-0.15, -0.1) is 0 Å². The van der Waals surface area contributed by atoms with E-state index in [-0.39, 0.29) is 18.8 Å². The van der Waals surface area contributed by atoms with Gasteiger partial charge in [-0.1, -0.05) is 0 Å². The Kier molecular flexibility index (Phi) is 2.45. The number of imidazole rings is 1. The third-order valence-corrected chi connectivity index (χ3v) is 3.19. The number of nitrogens with zero attached hydrogens (tertiary/aromatic N) is 2. The van der Waals surface area contributed by atoms with Crippen molar-refractivity contribution in [2.24, 2.45) is 0 Å². The lowest BCUT2D eigenvalue weighted by atomic mass is 10.2. The molecule has 0 amide bonds. The van der Waals surface area contributed by atoms with Crippen LogP contribution < -0.4 is 5.36 Å². The van der Waals surface area contributed by atoms with E-state index >= 15 is 0 Å². The maximum atomic E-state index is 9.06. The van der Waals surface area contributed by atoms with Crippen molar-refractivity contribution in [3.8, 4) is 0 Å². The van der Waals surface area contributed by atoms with Crippen molar-refractivity contribution in [3.05, 3.63) is 23.9 Å². The number of rotatable bonds is 2. The van der Waals surface area contributed by atoms with Crippen LogP contribution >= 0.6 is 0 Å². The van der Waals surface area contributed by atoms with E-state index in [2.05, 4.69) is 9.97 Å². The van der Waals surface area contributed by atoms with Crippen molar-refractivity contribution < 1.29 is 9.84 Å². The second-order valence-electron chi connectivity index (χ2n) is 4.27. The van der Waals surface area contributed by atoms with Gasteiger partial charge in [-0.25, -0.2) is 4.98 Å². The average molecular weight is 234 g/mol. The summed E-state index contributed by atoms with van der Waals surface area (Å²) in [5.41, 5.74) is 1.50. The highest BCUT2D eigenvalue weighted by molar-refractivity contribution is 5.69. The molecule has 3 N–H and O–H groups in total. The van der Waals surface area contributed by atoms with Gasteiger partial charge in [-0.05, 0) is 12.5 Å². The summed E-state index contributed by atoms with van der Waals surface area (Å²) < 4.78 is 7.48. The molecule has 17 heavy (non-hydrogen) atoms. The van der Waals surface area contributed by atoms with Gasteiger partial charge in [-0.2, -0.15) is 0 Å². The molecular weight excluding hydrogens is 220 g/mol. The van der Waals surface area contributed by atoms with Crippen LogP contribution in [0, 0.1) is 5.41 Å². The molecule has 0 spiro atoms. The number of hydrogen-bond donors (Lipinski definition) is 3. The molecule has 0 radical (unpaired) electrons. The number of aromatic amines is 1. The zero-order valence-corrected chi connectivity index (χ0v) is 9.26. The van der Waals surface area contributed by atoms with Crippen LogP contribution in [0.2, 0.25) is 0 Å². The maximum Gasteiger partial charge on any atom is 0.160 e. The molecule has 90 valence electrons. The Morgan fingerprint density at radius 2 is 2.53 bits per heavy atom. The van der Waals surface area contributed by atoms with Gasteiger partial charge in [0, 0.05) is 6.20 Å². The molecule has 2 aromatic heterocycles. The number of H-pyrrole nitrogens is 1. The van der Waals surface area contributed by atoms with Crippen LogP contribution in [-0.2, 0) is 4.74 Å². The van der Waals surface area contributed by atoms with E-state index < -0.39 is 0 Å². The van der Waals surface area contributed by atoms with E-state index in [0.29, 0.717) is 12.0 Å². The summed E-state index contributed by atoms with van der Waals surface area (Å²) in [5.74, 6) is 0. The predicted octanol–water partition coefficient (Wildman–Crippen LogP) is 0.166. The largest absolute Gasteiger partial charge is 0.394 e. The molecular formula is C11H14N4O2. The lowest BCUT2D eigenvalue weighted by Crippen LogP contribution is -2.15. The molecule has 0 aliphatic carbocycles. The maximum absolute atomic E-state index is 9.06. The standard InChI is InChI=1S/C11H14N4O2/c12-9-1-2-15(11-10(9)13-6-14-11)7-3-8(4-16)17-5-7/h1-2,6-8,12,16H,3-5H2,(H,13,14)/t7-,8-/m1/s1. The first-order valence-corrected chi connectivity index (χ1v) is 5.61. The molecule has 0 aromatic carbocycles. The molecule has 1 fully saturated rings. The average Bonchev–Trinajstić information content (AvgIpc) is 2.98. The fraction of sp³-hybridized carbons (Fsp3) is 0.455. The molecule has 0 unspecified atom stereocenters. The van der Waals surface area contributed by atoms with E-state index in [0.717, 1.165) is 17.6 Å². The van der Waals surface area contributed by atoms with Crippen LogP contribution in [0.25, 0.3) is 11.2 Å². The molecule has 3 heterocycles. The molecule has 0 bridgehead atoms. The molecule has 6 nitrogen and oxygen atoms in total. The van der Waals surface area contributed by atoms with Crippen molar-refractivity contribution in [2.75, 3.05) is 13.2 Å². The molecule has 6 heteroatoms. The monoisotopic (exact) mass is 234 g/mol. The van der Waals surface area contributed by atoms with Crippen LogP contribution in [0.5, 0.6) is 0 Å². The minimum absolute atomic E-state index is 0.0529. The second-order valence-corrected chi connectivity index (χ2v) is 4.27. The number of fused-ring (bicyclic) bond motifs is 1. The number of hydrogen-bond acceptors (Lipinski definition) is 4. The van der Waals surface area contributed by atoms with Gasteiger partial charge in [0.25, 0.3) is 0 Å². The number of pyridine rings is 1. The Labute approximate surface area is 97.4 Å². The zero-order valence-electron chi connectivity index (χ0n) is 9.26. The summed E-state index contributed by atoms with van der Waals surface area (Å²) >= 11 is 0. The molecule has 1 aliphatic rings. The van der Waals surface area contributed by atoms with E-state index in [1.807, 2.05) is 10.8 Å². The molecule has 1 saturated heterocycles. The van der Waals surface area contributed by atoms with Crippen LogP contribution in [0.4, 0.5) is 0 Å². The number of ether oxygens (including phenoxy) is 1. The van der Waals surface area contributed by atoms with Gasteiger partial charge in [-0.3, -0.25) is 5.41 Å². The first-order valence-electron chi connectivity index (χ1n) is 5.61. The van der Waals surface area contributed by atoms with Crippen LogP contribution in [0.1, 0.15) is 12.5 Å². The lowest BCUT2D eigenvalue weighted by Gasteiger charge is -2.13.